The zero-order valence-corrected chi connectivity index (χ0v) is 64.4. The first-order chi connectivity index (χ1) is 47.5. The van der Waals surface area contributed by atoms with Gasteiger partial charge in [-0.15, -0.1) is 0 Å². The minimum Gasteiger partial charge on any atom is -0.462 e. The van der Waals surface area contributed by atoms with Crippen LogP contribution in [-0.4, -0.2) is 74.9 Å². The van der Waals surface area contributed by atoms with Gasteiger partial charge < -0.3 is 18.9 Å². The maximum Gasteiger partial charge on any atom is 0.472 e. The highest BCUT2D eigenvalue weighted by atomic mass is 31.2. The van der Waals surface area contributed by atoms with Crippen molar-refractivity contribution >= 4 is 19.8 Å². The van der Waals surface area contributed by atoms with E-state index in [2.05, 4.69) is 160 Å². The summed E-state index contributed by atoms with van der Waals surface area (Å²) < 4.78 is 34.8. The average molecular weight is 1370 g/mol. The van der Waals surface area contributed by atoms with E-state index in [9.17, 15) is 19.0 Å². The summed E-state index contributed by atoms with van der Waals surface area (Å²) in [5.74, 6) is -0.822. The predicted octanol–water partition coefficient (Wildman–Crippen LogP) is 26.9. The number of allylic oxidation sites excluding steroid dienone is 24. The van der Waals surface area contributed by atoms with Crippen LogP contribution in [-0.2, 0) is 32.7 Å². The molecule has 0 spiro atoms. The van der Waals surface area contributed by atoms with E-state index in [4.69, 9.17) is 18.5 Å². The van der Waals surface area contributed by atoms with E-state index in [0.717, 1.165) is 122 Å². The van der Waals surface area contributed by atoms with Crippen LogP contribution in [0.2, 0.25) is 0 Å². The van der Waals surface area contributed by atoms with E-state index in [1.807, 2.05) is 21.1 Å². The summed E-state index contributed by atoms with van der Waals surface area (Å²) in [6.07, 6.45) is 113. The quantitative estimate of drug-likeness (QED) is 0.0211. The average Bonchev–Trinajstić information content (AvgIpc) is 1.69. The van der Waals surface area contributed by atoms with Gasteiger partial charge in [-0.25, -0.2) is 4.57 Å². The van der Waals surface area contributed by atoms with Crippen molar-refractivity contribution < 1.29 is 42.1 Å². The third-order valence-corrected chi connectivity index (χ3v) is 18.1. The first-order valence-corrected chi connectivity index (χ1v) is 41.6. The largest absolute Gasteiger partial charge is 0.472 e. The number of quaternary nitrogens is 1. The molecule has 0 aliphatic carbocycles. The summed E-state index contributed by atoms with van der Waals surface area (Å²) in [7, 11) is 1.45. The number of phosphoric acid groups is 1. The van der Waals surface area contributed by atoms with Crippen molar-refractivity contribution in [3.63, 3.8) is 0 Å². The summed E-state index contributed by atoms with van der Waals surface area (Å²) >= 11 is 0. The Kier molecular flexibility index (Phi) is 72.9. The standard InChI is InChI=1S/C87H150NO8P/c1-6-8-10-12-14-16-18-20-22-24-26-28-30-32-34-36-38-40-41-42-43-44-45-46-47-48-50-52-54-56-58-60-62-64-66-68-70-72-74-76-78-80-87(90)96-85(84-95-97(91,92)94-82-81-88(3,4)5)83-93-86(89)79-77-75-73-71-69-67-65-63-61-59-57-55-53-51-49-39-37-35-33-31-29-27-25-23-21-19-17-15-13-11-9-7-2/h8,10,14,16,20,22,26,28,32,34,38,40,42-43,45-46,48,50,54,56,60,62,66,68,85H,6-7,9,11-13,15,17-19,21,23-25,27,29-31,33,35-37,39,41,44,47,49,51-53,55,57-59,61,63-65,67,69-84H2,1-5H3/p+1/b10-8-,16-14-,22-20-,28-26-,34-32-,40-38-,43-42-,46-45-,50-48-,56-54-,62-60-,68-66-. The van der Waals surface area contributed by atoms with E-state index in [-0.39, 0.29) is 32.0 Å². The highest BCUT2D eigenvalue weighted by Crippen LogP contribution is 2.43. The Balaban J connectivity index is 4.08. The van der Waals surface area contributed by atoms with Gasteiger partial charge in [-0.2, -0.15) is 0 Å². The van der Waals surface area contributed by atoms with Crippen LogP contribution in [0.3, 0.4) is 0 Å². The third kappa shape index (κ3) is 80.8. The Labute approximate surface area is 599 Å². The molecule has 0 aromatic heterocycles. The molecule has 0 radical (unpaired) electrons. The monoisotopic (exact) mass is 1370 g/mol. The van der Waals surface area contributed by atoms with Crippen LogP contribution in [0.1, 0.15) is 341 Å². The van der Waals surface area contributed by atoms with Gasteiger partial charge in [-0.1, -0.05) is 372 Å². The van der Waals surface area contributed by atoms with Crippen molar-refractivity contribution in [1.82, 2.24) is 0 Å². The van der Waals surface area contributed by atoms with Gasteiger partial charge in [-0.3, -0.25) is 18.6 Å². The highest BCUT2D eigenvalue weighted by Gasteiger charge is 2.27. The van der Waals surface area contributed by atoms with Crippen LogP contribution in [0.15, 0.2) is 146 Å². The second kappa shape index (κ2) is 76.1. The van der Waals surface area contributed by atoms with Gasteiger partial charge in [0.05, 0.1) is 27.7 Å². The Morgan fingerprint density at radius 2 is 0.588 bits per heavy atom. The molecular formula is C87H151NO8P+. The molecule has 0 aromatic carbocycles. The van der Waals surface area contributed by atoms with E-state index >= 15 is 0 Å². The molecule has 0 saturated heterocycles. The normalized spacial score (nSPS) is 13.8. The van der Waals surface area contributed by atoms with E-state index < -0.39 is 26.5 Å². The lowest BCUT2D eigenvalue weighted by Gasteiger charge is -2.24. The molecule has 10 heteroatoms. The summed E-state index contributed by atoms with van der Waals surface area (Å²) in [4.78, 5) is 36.0. The van der Waals surface area contributed by atoms with Crippen LogP contribution in [0.5, 0.6) is 0 Å². The number of carbonyl (C=O) groups excluding carboxylic acids is 2. The molecule has 556 valence electrons. The van der Waals surface area contributed by atoms with Gasteiger partial charge in [0.15, 0.2) is 6.10 Å². The highest BCUT2D eigenvalue weighted by molar-refractivity contribution is 7.47. The molecule has 2 atom stereocenters. The molecule has 0 bridgehead atoms. The number of carbonyl (C=O) groups is 2. The van der Waals surface area contributed by atoms with Crippen molar-refractivity contribution in [3.8, 4) is 0 Å². The number of likely N-dealkylation sites (N-methyl/N-ethyl adjacent to an activating group) is 1. The van der Waals surface area contributed by atoms with Crippen LogP contribution in [0, 0.1) is 0 Å². The smallest absolute Gasteiger partial charge is 0.462 e. The van der Waals surface area contributed by atoms with Crippen LogP contribution < -0.4 is 0 Å². The fourth-order valence-corrected chi connectivity index (χ4v) is 11.8. The Bertz CT molecular complexity index is 2150. The lowest BCUT2D eigenvalue weighted by molar-refractivity contribution is -0.870. The summed E-state index contributed by atoms with van der Waals surface area (Å²) in [5.41, 5.74) is 0. The number of unbranched alkanes of at least 4 members (excludes halogenated alkanes) is 35. The molecule has 9 nitrogen and oxygen atoms in total. The number of phosphoric ester groups is 1. The number of rotatable bonds is 73. The van der Waals surface area contributed by atoms with Crippen molar-refractivity contribution in [2.45, 2.75) is 347 Å². The maximum atomic E-state index is 12.9. The van der Waals surface area contributed by atoms with Crippen molar-refractivity contribution in [2.24, 2.45) is 0 Å². The van der Waals surface area contributed by atoms with Gasteiger partial charge in [-0.05, 0) is 103 Å². The molecule has 1 N–H and O–H groups in total. The summed E-state index contributed by atoms with van der Waals surface area (Å²) in [6, 6.07) is 0. The molecule has 0 heterocycles. The van der Waals surface area contributed by atoms with Gasteiger partial charge in [0, 0.05) is 12.8 Å². The minimum absolute atomic E-state index is 0.0209. The Morgan fingerprint density at radius 3 is 0.876 bits per heavy atom. The number of esters is 2. The predicted molar refractivity (Wildman–Crippen MR) is 422 cm³/mol. The van der Waals surface area contributed by atoms with Crippen molar-refractivity contribution in [3.05, 3.63) is 146 Å². The molecule has 0 aromatic rings. The number of nitrogens with zero attached hydrogens (tertiary/aromatic N) is 1. The molecule has 0 saturated carbocycles. The Morgan fingerprint density at radius 1 is 0.330 bits per heavy atom. The molecular weight excluding hydrogens is 1220 g/mol. The fraction of sp³-hybridized carbons (Fsp3) is 0.701. The molecule has 0 amide bonds. The SMILES string of the molecule is CC/C=C\C/C=C\C/C=C\C/C=C\C/C=C\C/C=C\C/C=C\C/C=C\C/C=C\C/C=C\C/C=C\C/C=C\CCCCCCC(=O)OC(COC(=O)CCCCCCCCCCCCCCCCCCCCCCCCCCCCCCCCCC)COP(=O)(O)OCC[N+](C)(C)C. The number of ether oxygens (including phenoxy) is 2. The molecule has 0 rings (SSSR count). The van der Waals surface area contributed by atoms with Crippen LogP contribution in [0.4, 0.5) is 0 Å². The van der Waals surface area contributed by atoms with Gasteiger partial charge in [0.1, 0.15) is 19.8 Å². The number of hydrogen-bond donors (Lipinski definition) is 1. The van der Waals surface area contributed by atoms with Crippen LogP contribution in [0.25, 0.3) is 0 Å². The molecule has 0 fully saturated rings. The maximum absolute atomic E-state index is 12.9. The summed E-state index contributed by atoms with van der Waals surface area (Å²) in [6.45, 7) is 4.32. The van der Waals surface area contributed by atoms with Crippen LogP contribution >= 0.6 is 7.82 Å². The van der Waals surface area contributed by atoms with E-state index in [1.54, 1.807) is 0 Å². The zero-order chi connectivity index (χ0) is 70.4. The second-order valence-electron chi connectivity index (χ2n) is 27.7. The van der Waals surface area contributed by atoms with Gasteiger partial charge >= 0.3 is 19.8 Å². The van der Waals surface area contributed by atoms with Crippen molar-refractivity contribution in [2.75, 3.05) is 47.5 Å². The number of hydrogen-bond acceptors (Lipinski definition) is 7. The lowest BCUT2D eigenvalue weighted by atomic mass is 10.0. The first-order valence-electron chi connectivity index (χ1n) is 40.1. The molecule has 0 aliphatic rings. The fourth-order valence-electron chi connectivity index (χ4n) is 11.1. The molecule has 0 aliphatic heterocycles. The van der Waals surface area contributed by atoms with E-state index in [1.165, 1.54) is 186 Å². The van der Waals surface area contributed by atoms with E-state index in [0.29, 0.717) is 17.4 Å². The molecule has 97 heavy (non-hydrogen) atoms. The van der Waals surface area contributed by atoms with Gasteiger partial charge in [0.25, 0.3) is 0 Å². The topological polar surface area (TPSA) is 108 Å². The third-order valence-electron chi connectivity index (χ3n) is 17.1. The Hall–Kier alpha value is -4.11. The first kappa shape index (κ1) is 92.9. The minimum atomic E-state index is -4.41. The molecule has 2 unspecified atom stereocenters. The second-order valence-corrected chi connectivity index (χ2v) is 29.2. The zero-order valence-electron chi connectivity index (χ0n) is 63.5. The van der Waals surface area contributed by atoms with Gasteiger partial charge in [0.2, 0.25) is 0 Å². The summed E-state index contributed by atoms with van der Waals surface area (Å²) in [5, 5.41) is 0. The van der Waals surface area contributed by atoms with Crippen molar-refractivity contribution in [1.29, 1.82) is 0 Å². The lowest BCUT2D eigenvalue weighted by Crippen LogP contribution is -2.37.